The molecule has 3 aliphatic rings. The van der Waals surface area contributed by atoms with E-state index in [1.165, 1.54) is 0 Å². The number of ether oxygens (including phenoxy) is 1. The van der Waals surface area contributed by atoms with Gasteiger partial charge < -0.3 is 19.9 Å². The van der Waals surface area contributed by atoms with Gasteiger partial charge in [0.2, 0.25) is 5.95 Å². The van der Waals surface area contributed by atoms with Crippen LogP contribution in [-0.2, 0) is 11.3 Å². The van der Waals surface area contributed by atoms with Gasteiger partial charge in [-0.15, -0.1) is 0 Å². The van der Waals surface area contributed by atoms with Gasteiger partial charge in [-0.1, -0.05) is 60.7 Å². The summed E-state index contributed by atoms with van der Waals surface area (Å²) in [5.74, 6) is 1.38. The van der Waals surface area contributed by atoms with E-state index in [2.05, 4.69) is 58.7 Å². The van der Waals surface area contributed by atoms with Crippen molar-refractivity contribution in [2.24, 2.45) is 0 Å². The van der Waals surface area contributed by atoms with Gasteiger partial charge in [0.1, 0.15) is 11.5 Å². The van der Waals surface area contributed by atoms with Crippen LogP contribution in [0.15, 0.2) is 60.7 Å². The molecule has 1 saturated heterocycles. The Balaban J connectivity index is 1.43. The van der Waals surface area contributed by atoms with Crippen molar-refractivity contribution in [2.75, 3.05) is 36.5 Å². The molecule has 168 valence electrons. The molecule has 1 N–H and O–H groups in total. The molecule has 7 heteroatoms. The standard InChI is InChI=1S/C26H27N5O2/c32-25-23-21(17-31(25)20-11-12-20)24(29-26(28-23)30-13-15-33-16-14-30)27-22(18-7-3-1-4-8-18)19-9-5-2-6-10-19/h1-10,20,22H,11-17H2,(H,27,28,29). The van der Waals surface area contributed by atoms with Crippen LogP contribution in [0, 0.1) is 0 Å². The highest BCUT2D eigenvalue weighted by Gasteiger charge is 2.41. The molecule has 1 aromatic heterocycles. The fraction of sp³-hybridized carbons (Fsp3) is 0.346. The minimum absolute atomic E-state index is 0.0310. The Labute approximate surface area is 193 Å². The van der Waals surface area contributed by atoms with Gasteiger partial charge in [0.25, 0.3) is 5.91 Å². The lowest BCUT2D eigenvalue weighted by Gasteiger charge is -2.28. The smallest absolute Gasteiger partial charge is 0.273 e. The summed E-state index contributed by atoms with van der Waals surface area (Å²) in [5.41, 5.74) is 3.74. The van der Waals surface area contributed by atoms with Crippen LogP contribution in [0.5, 0.6) is 0 Å². The first-order valence-corrected chi connectivity index (χ1v) is 11.7. The van der Waals surface area contributed by atoms with E-state index in [-0.39, 0.29) is 11.9 Å². The number of anilines is 2. The van der Waals surface area contributed by atoms with E-state index in [0.29, 0.717) is 37.4 Å². The molecule has 3 aromatic rings. The molecular formula is C26H27N5O2. The third-order valence-corrected chi connectivity index (χ3v) is 6.62. The molecule has 1 aliphatic carbocycles. The number of hydrogen-bond acceptors (Lipinski definition) is 6. The summed E-state index contributed by atoms with van der Waals surface area (Å²) in [5, 5.41) is 3.70. The van der Waals surface area contributed by atoms with E-state index < -0.39 is 0 Å². The maximum absolute atomic E-state index is 13.3. The number of nitrogens with zero attached hydrogens (tertiary/aromatic N) is 4. The van der Waals surface area contributed by atoms with Crippen molar-refractivity contribution in [1.82, 2.24) is 14.9 Å². The number of amides is 1. The second kappa shape index (κ2) is 8.48. The Kier molecular flexibility index (Phi) is 5.19. The number of carbonyl (C=O) groups is 1. The molecule has 0 atom stereocenters. The first-order valence-electron chi connectivity index (χ1n) is 11.7. The minimum atomic E-state index is -0.0889. The SMILES string of the molecule is O=C1c2nc(N3CCOCC3)nc(NC(c3ccccc3)c3ccccc3)c2CN1C1CC1. The molecule has 3 heterocycles. The van der Waals surface area contributed by atoms with Crippen molar-refractivity contribution in [3.8, 4) is 0 Å². The summed E-state index contributed by atoms with van der Waals surface area (Å²) in [6.45, 7) is 3.30. The van der Waals surface area contributed by atoms with Gasteiger partial charge in [0.15, 0.2) is 0 Å². The molecule has 1 amide bonds. The van der Waals surface area contributed by atoms with Crippen LogP contribution in [-0.4, -0.2) is 53.1 Å². The zero-order valence-corrected chi connectivity index (χ0v) is 18.5. The highest BCUT2D eigenvalue weighted by Crippen LogP contribution is 2.38. The first kappa shape index (κ1) is 20.2. The second-order valence-electron chi connectivity index (χ2n) is 8.86. The highest BCUT2D eigenvalue weighted by molar-refractivity contribution is 5.98. The average Bonchev–Trinajstić information content (AvgIpc) is 3.67. The van der Waals surface area contributed by atoms with Crippen LogP contribution in [0.4, 0.5) is 11.8 Å². The molecular weight excluding hydrogens is 414 g/mol. The molecule has 33 heavy (non-hydrogen) atoms. The van der Waals surface area contributed by atoms with Crippen molar-refractivity contribution < 1.29 is 9.53 Å². The van der Waals surface area contributed by atoms with Gasteiger partial charge in [-0.25, -0.2) is 4.98 Å². The summed E-state index contributed by atoms with van der Waals surface area (Å²) < 4.78 is 5.51. The van der Waals surface area contributed by atoms with E-state index in [9.17, 15) is 4.79 Å². The Morgan fingerprint density at radius 1 is 0.909 bits per heavy atom. The molecule has 0 unspecified atom stereocenters. The molecule has 2 fully saturated rings. The van der Waals surface area contributed by atoms with E-state index in [1.807, 2.05) is 17.0 Å². The van der Waals surface area contributed by atoms with Crippen molar-refractivity contribution in [3.63, 3.8) is 0 Å². The Morgan fingerprint density at radius 2 is 1.55 bits per heavy atom. The summed E-state index contributed by atoms with van der Waals surface area (Å²) in [6, 6.07) is 21.0. The van der Waals surface area contributed by atoms with E-state index in [4.69, 9.17) is 14.7 Å². The number of hydrogen-bond donors (Lipinski definition) is 1. The number of morpholine rings is 1. The zero-order chi connectivity index (χ0) is 22.2. The van der Waals surface area contributed by atoms with Crippen molar-refractivity contribution >= 4 is 17.7 Å². The second-order valence-corrected chi connectivity index (χ2v) is 8.86. The van der Waals surface area contributed by atoms with Gasteiger partial charge in [-0.05, 0) is 24.0 Å². The molecule has 0 bridgehead atoms. The normalized spacial score (nSPS) is 18.0. The third-order valence-electron chi connectivity index (χ3n) is 6.62. The van der Waals surface area contributed by atoms with Crippen LogP contribution < -0.4 is 10.2 Å². The lowest BCUT2D eigenvalue weighted by Crippen LogP contribution is -2.37. The van der Waals surface area contributed by atoms with Gasteiger partial charge in [0, 0.05) is 24.7 Å². The monoisotopic (exact) mass is 441 g/mol. The molecule has 1 saturated carbocycles. The highest BCUT2D eigenvalue weighted by atomic mass is 16.5. The van der Waals surface area contributed by atoms with Crippen LogP contribution >= 0.6 is 0 Å². The lowest BCUT2D eigenvalue weighted by molar-refractivity contribution is 0.0762. The predicted octanol–water partition coefficient (Wildman–Crippen LogP) is 3.63. The van der Waals surface area contributed by atoms with Crippen LogP contribution in [0.2, 0.25) is 0 Å². The Hall–Kier alpha value is -3.45. The first-order chi connectivity index (χ1) is 16.3. The maximum atomic E-state index is 13.3. The molecule has 2 aliphatic heterocycles. The fourth-order valence-electron chi connectivity index (χ4n) is 4.67. The summed E-state index contributed by atoms with van der Waals surface area (Å²) in [6.07, 6.45) is 2.14. The fourth-order valence-corrected chi connectivity index (χ4v) is 4.67. The molecule has 6 rings (SSSR count). The van der Waals surface area contributed by atoms with E-state index >= 15 is 0 Å². The number of carbonyl (C=O) groups excluding carboxylic acids is 1. The quantitative estimate of drug-likeness (QED) is 0.630. The average molecular weight is 442 g/mol. The van der Waals surface area contributed by atoms with Gasteiger partial charge in [-0.3, -0.25) is 4.79 Å². The Morgan fingerprint density at radius 3 is 2.15 bits per heavy atom. The van der Waals surface area contributed by atoms with Crippen LogP contribution in [0.3, 0.4) is 0 Å². The number of aromatic nitrogens is 2. The summed E-state index contributed by atoms with van der Waals surface area (Å²) >= 11 is 0. The van der Waals surface area contributed by atoms with Gasteiger partial charge in [0.05, 0.1) is 25.8 Å². The molecule has 0 spiro atoms. The summed E-state index contributed by atoms with van der Waals surface area (Å²) in [7, 11) is 0. The largest absolute Gasteiger partial charge is 0.378 e. The molecule has 7 nitrogen and oxygen atoms in total. The minimum Gasteiger partial charge on any atom is -0.378 e. The number of rotatable bonds is 6. The zero-order valence-electron chi connectivity index (χ0n) is 18.5. The number of benzene rings is 2. The van der Waals surface area contributed by atoms with E-state index in [0.717, 1.165) is 48.4 Å². The number of nitrogens with one attached hydrogen (secondary N) is 1. The van der Waals surface area contributed by atoms with Crippen LogP contribution in [0.25, 0.3) is 0 Å². The van der Waals surface area contributed by atoms with Crippen molar-refractivity contribution in [2.45, 2.75) is 31.5 Å². The van der Waals surface area contributed by atoms with Gasteiger partial charge >= 0.3 is 0 Å². The Bertz CT molecular complexity index is 1100. The maximum Gasteiger partial charge on any atom is 0.273 e. The van der Waals surface area contributed by atoms with Crippen LogP contribution in [0.1, 0.15) is 46.1 Å². The third kappa shape index (κ3) is 3.93. The summed E-state index contributed by atoms with van der Waals surface area (Å²) in [4.78, 5) is 27.1. The van der Waals surface area contributed by atoms with Gasteiger partial charge in [-0.2, -0.15) is 4.98 Å². The topological polar surface area (TPSA) is 70.6 Å². The lowest BCUT2D eigenvalue weighted by atomic mass is 9.98. The van der Waals surface area contributed by atoms with E-state index in [1.54, 1.807) is 0 Å². The molecule has 0 radical (unpaired) electrons. The van der Waals surface area contributed by atoms with Crippen molar-refractivity contribution in [3.05, 3.63) is 83.0 Å². The number of fused-ring (bicyclic) bond motifs is 1. The van der Waals surface area contributed by atoms with Crippen molar-refractivity contribution in [1.29, 1.82) is 0 Å². The molecule has 2 aromatic carbocycles. The predicted molar refractivity (Wildman–Crippen MR) is 126 cm³/mol.